The summed E-state index contributed by atoms with van der Waals surface area (Å²) in [6, 6.07) is 0.0351. The second kappa shape index (κ2) is 11.8. The van der Waals surface area contributed by atoms with Gasteiger partial charge in [-0.2, -0.15) is 0 Å². The summed E-state index contributed by atoms with van der Waals surface area (Å²) in [5.41, 5.74) is 0. The summed E-state index contributed by atoms with van der Waals surface area (Å²) >= 11 is 1.79. The molecule has 21 heavy (non-hydrogen) atoms. The fourth-order valence-electron chi connectivity index (χ4n) is 2.85. The highest BCUT2D eigenvalue weighted by Gasteiger charge is 2.21. The Balaban J connectivity index is 0.00000200. The number of hydrogen-bond acceptors (Lipinski definition) is 4. The first-order valence-electron chi connectivity index (χ1n) is 7.57. The molecule has 2 aliphatic rings. The molecule has 2 atom stereocenters. The summed E-state index contributed by atoms with van der Waals surface area (Å²) in [6.45, 7) is 6.89. The molecule has 1 amide bonds. The Morgan fingerprint density at radius 3 is 2.86 bits per heavy atom. The van der Waals surface area contributed by atoms with Crippen LogP contribution in [0.15, 0.2) is 0 Å². The Labute approximate surface area is 145 Å². The van der Waals surface area contributed by atoms with Gasteiger partial charge in [0, 0.05) is 24.7 Å². The van der Waals surface area contributed by atoms with E-state index in [1.54, 1.807) is 11.8 Å². The van der Waals surface area contributed by atoms with Gasteiger partial charge in [-0.25, -0.2) is 0 Å². The molecule has 2 saturated heterocycles. The quantitative estimate of drug-likeness (QED) is 0.714. The Morgan fingerprint density at radius 2 is 2.19 bits per heavy atom. The molecule has 0 bridgehead atoms. The number of thioether (sulfide) groups is 1. The number of unbranched alkanes of at least 4 members (excludes halogenated alkanes) is 1. The molecule has 0 aromatic carbocycles. The van der Waals surface area contributed by atoms with Crippen molar-refractivity contribution in [3.8, 4) is 0 Å². The van der Waals surface area contributed by atoms with Crippen LogP contribution in [-0.4, -0.2) is 54.7 Å². The number of nitrogens with zero attached hydrogens (tertiary/aromatic N) is 1. The van der Waals surface area contributed by atoms with Crippen molar-refractivity contribution >= 4 is 42.5 Å². The van der Waals surface area contributed by atoms with Gasteiger partial charge in [0.1, 0.15) is 0 Å². The smallest absolute Gasteiger partial charge is 0.238 e. The maximum atomic E-state index is 11.8. The lowest BCUT2D eigenvalue weighted by Crippen LogP contribution is -2.42. The summed E-state index contributed by atoms with van der Waals surface area (Å²) in [7, 11) is 0. The van der Waals surface area contributed by atoms with Crippen molar-refractivity contribution in [2.24, 2.45) is 5.92 Å². The molecule has 7 heteroatoms. The number of carbonyl (C=O) groups is 1. The number of nitrogens with one attached hydrogen (secondary N) is 2. The maximum absolute atomic E-state index is 11.8. The number of carbonyl (C=O) groups excluding carboxylic acids is 1. The molecule has 0 aromatic rings. The van der Waals surface area contributed by atoms with Gasteiger partial charge < -0.3 is 10.2 Å². The summed E-state index contributed by atoms with van der Waals surface area (Å²) in [6.07, 6.45) is 5.03. The van der Waals surface area contributed by atoms with Crippen molar-refractivity contribution in [3.05, 3.63) is 0 Å². The molecule has 2 unspecified atom stereocenters. The van der Waals surface area contributed by atoms with E-state index < -0.39 is 0 Å². The minimum Gasteiger partial charge on any atom is -0.355 e. The van der Waals surface area contributed by atoms with E-state index in [1.807, 2.05) is 0 Å². The summed E-state index contributed by atoms with van der Waals surface area (Å²) < 4.78 is 0. The molecule has 126 valence electrons. The Bertz CT molecular complexity index is 291. The van der Waals surface area contributed by atoms with Crippen LogP contribution in [0.25, 0.3) is 0 Å². The van der Waals surface area contributed by atoms with Gasteiger partial charge >= 0.3 is 0 Å². The van der Waals surface area contributed by atoms with E-state index >= 15 is 0 Å². The number of amides is 1. The normalized spacial score (nSPS) is 25.8. The fourth-order valence-corrected chi connectivity index (χ4v) is 3.79. The minimum absolute atomic E-state index is 0. The number of likely N-dealkylation sites (tertiary alicyclic amines) is 1. The van der Waals surface area contributed by atoms with Gasteiger partial charge in [0.25, 0.3) is 0 Å². The molecule has 2 N–H and O–H groups in total. The number of piperidine rings is 1. The SMILES string of the molecule is CC1CCCN(CCCCNC(=O)C2CSCN2)C1.Cl.Cl. The van der Waals surface area contributed by atoms with Crippen LogP contribution in [0.1, 0.15) is 32.6 Å². The second-order valence-electron chi connectivity index (χ2n) is 5.82. The highest BCUT2D eigenvalue weighted by atomic mass is 35.5. The van der Waals surface area contributed by atoms with Crippen molar-refractivity contribution in [2.45, 2.75) is 38.6 Å². The Hall–Kier alpha value is 0.320. The van der Waals surface area contributed by atoms with Gasteiger partial charge in [-0.1, -0.05) is 6.92 Å². The lowest BCUT2D eigenvalue weighted by molar-refractivity contribution is -0.122. The van der Waals surface area contributed by atoms with Crippen molar-refractivity contribution in [1.29, 1.82) is 0 Å². The molecule has 2 fully saturated rings. The highest BCUT2D eigenvalue weighted by molar-refractivity contribution is 7.99. The van der Waals surface area contributed by atoms with Crippen LogP contribution in [0.3, 0.4) is 0 Å². The molecule has 2 aliphatic heterocycles. The minimum atomic E-state index is 0. The molecule has 2 heterocycles. The number of hydrogen-bond donors (Lipinski definition) is 2. The van der Waals surface area contributed by atoms with E-state index in [9.17, 15) is 4.79 Å². The van der Waals surface area contributed by atoms with E-state index in [0.29, 0.717) is 0 Å². The van der Waals surface area contributed by atoms with E-state index in [-0.39, 0.29) is 36.8 Å². The molecule has 0 radical (unpaired) electrons. The van der Waals surface area contributed by atoms with Gasteiger partial charge in [0.05, 0.1) is 6.04 Å². The van der Waals surface area contributed by atoms with Gasteiger partial charge in [0.15, 0.2) is 0 Å². The Morgan fingerprint density at radius 1 is 1.38 bits per heavy atom. The van der Waals surface area contributed by atoms with Crippen LogP contribution in [0, 0.1) is 5.92 Å². The van der Waals surface area contributed by atoms with Crippen molar-refractivity contribution < 1.29 is 4.79 Å². The number of rotatable bonds is 6. The lowest BCUT2D eigenvalue weighted by atomic mass is 10.0. The van der Waals surface area contributed by atoms with Crippen LogP contribution >= 0.6 is 36.6 Å². The van der Waals surface area contributed by atoms with Crippen molar-refractivity contribution in [3.63, 3.8) is 0 Å². The zero-order valence-electron chi connectivity index (χ0n) is 12.8. The van der Waals surface area contributed by atoms with Crippen LogP contribution in [0.2, 0.25) is 0 Å². The molecule has 4 nitrogen and oxygen atoms in total. The second-order valence-corrected chi connectivity index (χ2v) is 6.85. The van der Waals surface area contributed by atoms with Crippen LogP contribution < -0.4 is 10.6 Å². The maximum Gasteiger partial charge on any atom is 0.238 e. The third-order valence-electron chi connectivity index (χ3n) is 3.97. The first-order valence-corrected chi connectivity index (χ1v) is 8.72. The lowest BCUT2D eigenvalue weighted by Gasteiger charge is -2.30. The van der Waals surface area contributed by atoms with Crippen LogP contribution in [0.4, 0.5) is 0 Å². The molecule has 0 aliphatic carbocycles. The van der Waals surface area contributed by atoms with Crippen LogP contribution in [-0.2, 0) is 4.79 Å². The summed E-state index contributed by atoms with van der Waals surface area (Å²) in [5, 5.41) is 6.23. The summed E-state index contributed by atoms with van der Waals surface area (Å²) in [5.74, 6) is 2.86. The molecular weight excluding hydrogens is 329 g/mol. The monoisotopic (exact) mass is 357 g/mol. The predicted octanol–water partition coefficient (Wildman–Crippen LogP) is 2.12. The zero-order chi connectivity index (χ0) is 13.5. The third kappa shape index (κ3) is 7.93. The Kier molecular flexibility index (Phi) is 12.0. The first-order chi connectivity index (χ1) is 9.25. The molecule has 0 aromatic heterocycles. The van der Waals surface area contributed by atoms with E-state index in [4.69, 9.17) is 0 Å². The summed E-state index contributed by atoms with van der Waals surface area (Å²) in [4.78, 5) is 14.3. The topological polar surface area (TPSA) is 44.4 Å². The zero-order valence-corrected chi connectivity index (χ0v) is 15.3. The predicted molar refractivity (Wildman–Crippen MR) is 95.8 cm³/mol. The standard InChI is InChI=1S/C14H27N3OS.2ClH/c1-12-5-4-8-17(9-12)7-3-2-6-15-14(18)13-10-19-11-16-13;;/h12-13,16H,2-11H2,1H3,(H,15,18);2*1H. The van der Waals surface area contributed by atoms with Gasteiger partial charge in [-0.05, 0) is 44.7 Å². The first kappa shape index (κ1) is 21.3. The average Bonchev–Trinajstić information content (AvgIpc) is 2.92. The van der Waals surface area contributed by atoms with Gasteiger partial charge in [-0.3, -0.25) is 10.1 Å². The van der Waals surface area contributed by atoms with Gasteiger partial charge in [-0.15, -0.1) is 36.6 Å². The fraction of sp³-hybridized carbons (Fsp3) is 0.929. The van der Waals surface area contributed by atoms with Gasteiger partial charge in [0.2, 0.25) is 5.91 Å². The average molecular weight is 358 g/mol. The van der Waals surface area contributed by atoms with Crippen molar-refractivity contribution in [1.82, 2.24) is 15.5 Å². The van der Waals surface area contributed by atoms with E-state index in [1.165, 1.54) is 38.9 Å². The van der Waals surface area contributed by atoms with Crippen molar-refractivity contribution in [2.75, 3.05) is 37.8 Å². The molecule has 0 spiro atoms. The molecule has 0 saturated carbocycles. The largest absolute Gasteiger partial charge is 0.355 e. The highest BCUT2D eigenvalue weighted by Crippen LogP contribution is 2.15. The third-order valence-corrected chi connectivity index (χ3v) is 4.91. The van der Waals surface area contributed by atoms with E-state index in [0.717, 1.165) is 30.5 Å². The number of halogens is 2. The molecule has 2 rings (SSSR count). The molecular formula is C14H29Cl2N3OS. The van der Waals surface area contributed by atoms with E-state index in [2.05, 4.69) is 22.5 Å². The van der Waals surface area contributed by atoms with Crippen LogP contribution in [0.5, 0.6) is 0 Å².